The Balaban J connectivity index is 1.22. The average molecular weight is 496 g/mol. The van der Waals surface area contributed by atoms with Crippen LogP contribution < -0.4 is 5.32 Å². The maximum atomic E-state index is 13.2. The number of H-pyrrole nitrogens is 1. The summed E-state index contributed by atoms with van der Waals surface area (Å²) >= 11 is 1.48. The van der Waals surface area contributed by atoms with Gasteiger partial charge in [0.1, 0.15) is 5.01 Å². The number of morpholine rings is 1. The van der Waals surface area contributed by atoms with Crippen molar-refractivity contribution in [1.82, 2.24) is 25.4 Å². The van der Waals surface area contributed by atoms with E-state index in [1.165, 1.54) is 11.3 Å². The Morgan fingerprint density at radius 3 is 2.66 bits per heavy atom. The quantitative estimate of drug-likeness (QED) is 0.417. The van der Waals surface area contributed by atoms with Gasteiger partial charge in [0.2, 0.25) is 5.91 Å². The van der Waals surface area contributed by atoms with Crippen LogP contribution in [0.3, 0.4) is 0 Å². The average Bonchev–Trinajstić information content (AvgIpc) is 3.59. The summed E-state index contributed by atoms with van der Waals surface area (Å²) in [6.07, 6.45) is 3.32. The van der Waals surface area contributed by atoms with Crippen LogP contribution in [0.4, 0.5) is 0 Å². The van der Waals surface area contributed by atoms with Crippen molar-refractivity contribution < 1.29 is 19.4 Å². The first kappa shape index (κ1) is 23.7. The molecule has 1 saturated heterocycles. The number of fused-ring (bicyclic) bond motifs is 1. The SMILES string of the molecule is O=C(O)CC1(C(=O)NCc2nc(-c3cn[nH]c3CCN3CCOCC3)cs2)Cc2ccccc2C1. The van der Waals surface area contributed by atoms with E-state index in [-0.39, 0.29) is 18.9 Å². The number of aromatic nitrogens is 3. The van der Waals surface area contributed by atoms with Gasteiger partial charge in [-0.05, 0) is 24.0 Å². The van der Waals surface area contributed by atoms with Crippen molar-refractivity contribution in [3.05, 3.63) is 57.7 Å². The minimum atomic E-state index is -0.965. The van der Waals surface area contributed by atoms with Gasteiger partial charge in [0.05, 0.1) is 43.5 Å². The number of benzene rings is 1. The number of aliphatic carboxylic acids is 1. The first-order chi connectivity index (χ1) is 17.0. The third-order valence-corrected chi connectivity index (χ3v) is 7.72. The molecule has 2 aliphatic rings. The number of carboxylic acid groups (broad SMARTS) is 1. The van der Waals surface area contributed by atoms with E-state index in [9.17, 15) is 14.7 Å². The number of thiazole rings is 1. The van der Waals surface area contributed by atoms with Gasteiger partial charge in [-0.3, -0.25) is 19.6 Å². The van der Waals surface area contributed by atoms with Crippen LogP contribution in [-0.4, -0.2) is 69.9 Å². The van der Waals surface area contributed by atoms with Crippen LogP contribution in [0.2, 0.25) is 0 Å². The molecule has 10 heteroatoms. The summed E-state index contributed by atoms with van der Waals surface area (Å²) in [6, 6.07) is 7.80. The normalized spacial score (nSPS) is 17.3. The topological polar surface area (TPSA) is 120 Å². The smallest absolute Gasteiger partial charge is 0.304 e. The van der Waals surface area contributed by atoms with Crippen molar-refractivity contribution >= 4 is 23.2 Å². The van der Waals surface area contributed by atoms with Crippen LogP contribution in [0.1, 0.15) is 28.2 Å². The number of ether oxygens (including phenoxy) is 1. The van der Waals surface area contributed by atoms with Gasteiger partial charge in [0, 0.05) is 42.7 Å². The van der Waals surface area contributed by atoms with Crippen LogP contribution in [0.5, 0.6) is 0 Å². The molecule has 0 saturated carbocycles. The fourth-order valence-electron chi connectivity index (χ4n) is 5.03. The lowest BCUT2D eigenvalue weighted by Gasteiger charge is -2.26. The molecular weight excluding hydrogens is 466 g/mol. The first-order valence-corrected chi connectivity index (χ1v) is 12.7. The molecule has 5 rings (SSSR count). The van der Waals surface area contributed by atoms with E-state index in [1.54, 1.807) is 6.20 Å². The second kappa shape index (κ2) is 10.3. The predicted molar refractivity (Wildman–Crippen MR) is 131 cm³/mol. The van der Waals surface area contributed by atoms with Gasteiger partial charge in [0.25, 0.3) is 0 Å². The Morgan fingerprint density at radius 1 is 1.20 bits per heavy atom. The molecule has 0 spiro atoms. The Bertz CT molecular complexity index is 1170. The highest BCUT2D eigenvalue weighted by Gasteiger charge is 2.45. The zero-order valence-electron chi connectivity index (χ0n) is 19.5. The second-order valence-electron chi connectivity index (χ2n) is 9.25. The van der Waals surface area contributed by atoms with E-state index in [2.05, 4.69) is 20.4 Å². The van der Waals surface area contributed by atoms with Gasteiger partial charge in [-0.1, -0.05) is 24.3 Å². The number of aromatic amines is 1. The molecule has 1 aliphatic heterocycles. The molecule has 1 aliphatic carbocycles. The Labute approximate surface area is 207 Å². The first-order valence-electron chi connectivity index (χ1n) is 11.9. The van der Waals surface area contributed by atoms with E-state index >= 15 is 0 Å². The van der Waals surface area contributed by atoms with E-state index in [4.69, 9.17) is 9.72 Å². The van der Waals surface area contributed by atoms with Crippen LogP contribution in [-0.2, 0) is 40.1 Å². The van der Waals surface area contributed by atoms with E-state index in [0.29, 0.717) is 12.8 Å². The van der Waals surface area contributed by atoms with Crippen molar-refractivity contribution in [2.45, 2.75) is 32.2 Å². The summed E-state index contributed by atoms with van der Waals surface area (Å²) in [4.78, 5) is 31.9. The fraction of sp³-hybridized carbons (Fsp3) is 0.440. The van der Waals surface area contributed by atoms with E-state index in [1.807, 2.05) is 29.6 Å². The molecule has 0 unspecified atom stereocenters. The zero-order valence-corrected chi connectivity index (χ0v) is 20.3. The lowest BCUT2D eigenvalue weighted by Crippen LogP contribution is -2.43. The summed E-state index contributed by atoms with van der Waals surface area (Å²) in [5.74, 6) is -1.20. The molecule has 1 aromatic carbocycles. The second-order valence-corrected chi connectivity index (χ2v) is 10.2. The molecule has 0 bridgehead atoms. The lowest BCUT2D eigenvalue weighted by molar-refractivity contribution is -0.145. The number of carbonyl (C=O) groups excluding carboxylic acids is 1. The number of carbonyl (C=O) groups is 2. The third-order valence-electron chi connectivity index (χ3n) is 6.88. The van der Waals surface area contributed by atoms with Crippen molar-refractivity contribution in [2.24, 2.45) is 5.41 Å². The number of carboxylic acids is 1. The van der Waals surface area contributed by atoms with Crippen LogP contribution >= 0.6 is 11.3 Å². The van der Waals surface area contributed by atoms with E-state index in [0.717, 1.165) is 72.4 Å². The molecule has 184 valence electrons. The number of nitrogens with zero attached hydrogens (tertiary/aromatic N) is 3. The summed E-state index contributed by atoms with van der Waals surface area (Å²) in [6.45, 7) is 4.63. The van der Waals surface area contributed by atoms with Crippen molar-refractivity contribution in [3.8, 4) is 11.3 Å². The standard InChI is InChI=1S/C25H29N5O4S/c31-23(32)13-25(11-17-3-1-2-4-18(17)12-25)24(33)26-15-22-28-21(16-35-22)19-14-27-29-20(19)5-6-30-7-9-34-10-8-30/h1-4,14,16H,5-13,15H2,(H,26,33)(H,27,29)(H,31,32). The molecule has 1 fully saturated rings. The van der Waals surface area contributed by atoms with Crippen molar-refractivity contribution in [1.29, 1.82) is 0 Å². The maximum absolute atomic E-state index is 13.2. The van der Waals surface area contributed by atoms with Crippen LogP contribution in [0.15, 0.2) is 35.8 Å². The van der Waals surface area contributed by atoms with Gasteiger partial charge in [-0.25, -0.2) is 4.98 Å². The zero-order chi connectivity index (χ0) is 24.3. The number of nitrogens with one attached hydrogen (secondary N) is 2. The largest absolute Gasteiger partial charge is 0.481 e. The number of amides is 1. The van der Waals surface area contributed by atoms with Gasteiger partial charge >= 0.3 is 5.97 Å². The van der Waals surface area contributed by atoms with Crippen LogP contribution in [0.25, 0.3) is 11.3 Å². The molecule has 0 atom stereocenters. The monoisotopic (exact) mass is 495 g/mol. The molecule has 2 aromatic heterocycles. The Hall–Kier alpha value is -3.08. The highest BCUT2D eigenvalue weighted by molar-refractivity contribution is 7.09. The van der Waals surface area contributed by atoms with Gasteiger partial charge in [0.15, 0.2) is 0 Å². The molecular formula is C25H29N5O4S. The molecule has 3 N–H and O–H groups in total. The number of hydrogen-bond acceptors (Lipinski definition) is 7. The lowest BCUT2D eigenvalue weighted by atomic mass is 9.80. The van der Waals surface area contributed by atoms with Crippen molar-refractivity contribution in [2.75, 3.05) is 32.8 Å². The van der Waals surface area contributed by atoms with Crippen LogP contribution in [0, 0.1) is 5.41 Å². The summed E-state index contributed by atoms with van der Waals surface area (Å²) in [7, 11) is 0. The molecule has 9 nitrogen and oxygen atoms in total. The minimum Gasteiger partial charge on any atom is -0.481 e. The summed E-state index contributed by atoms with van der Waals surface area (Å²) < 4.78 is 5.42. The molecule has 35 heavy (non-hydrogen) atoms. The molecule has 3 heterocycles. The Kier molecular flexibility index (Phi) is 6.94. The summed E-state index contributed by atoms with van der Waals surface area (Å²) in [5, 5.41) is 22.5. The fourth-order valence-corrected chi connectivity index (χ4v) is 5.76. The van der Waals surface area contributed by atoms with Gasteiger partial charge < -0.3 is 15.2 Å². The Morgan fingerprint density at radius 2 is 1.94 bits per heavy atom. The number of rotatable bonds is 9. The molecule has 3 aromatic rings. The highest BCUT2D eigenvalue weighted by Crippen LogP contribution is 2.40. The van der Waals surface area contributed by atoms with Crippen molar-refractivity contribution in [3.63, 3.8) is 0 Å². The van der Waals surface area contributed by atoms with E-state index < -0.39 is 11.4 Å². The minimum absolute atomic E-state index is 0.196. The summed E-state index contributed by atoms with van der Waals surface area (Å²) in [5.41, 5.74) is 3.98. The van der Waals surface area contributed by atoms with Gasteiger partial charge in [-0.15, -0.1) is 11.3 Å². The van der Waals surface area contributed by atoms with Gasteiger partial charge in [-0.2, -0.15) is 5.10 Å². The molecule has 0 radical (unpaired) electrons. The predicted octanol–water partition coefficient (Wildman–Crippen LogP) is 2.28. The maximum Gasteiger partial charge on any atom is 0.304 e. The molecule has 1 amide bonds. The highest BCUT2D eigenvalue weighted by atomic mass is 32.1. The number of hydrogen-bond donors (Lipinski definition) is 3. The third kappa shape index (κ3) is 5.29.